The average molecular weight is 313 g/mol. The van der Waals surface area contributed by atoms with Crippen LogP contribution in [0.4, 0.5) is 0 Å². The number of rotatable bonds is 5. The third-order valence-corrected chi connectivity index (χ3v) is 3.47. The minimum absolute atomic E-state index is 0.0928. The van der Waals surface area contributed by atoms with Crippen molar-refractivity contribution in [2.24, 2.45) is 5.73 Å². The molecule has 0 aromatic heterocycles. The Balaban J connectivity index is 2.75. The second-order valence-electron chi connectivity index (χ2n) is 5.02. The molecule has 1 amide bonds. The number of carbonyl (C=O) groups is 1. The van der Waals surface area contributed by atoms with E-state index in [1.54, 1.807) is 0 Å². The molecule has 0 heterocycles. The second-order valence-corrected chi connectivity index (χ2v) is 5.93. The zero-order valence-corrected chi connectivity index (χ0v) is 12.8. The van der Waals surface area contributed by atoms with Crippen LogP contribution in [0.25, 0.3) is 0 Å². The Bertz CT molecular complexity index is 401. The molecule has 0 radical (unpaired) electrons. The van der Waals surface area contributed by atoms with Crippen molar-refractivity contribution in [3.05, 3.63) is 34.3 Å². The Kier molecular flexibility index (Phi) is 5.35. The van der Waals surface area contributed by atoms with E-state index in [0.717, 1.165) is 16.5 Å². The average Bonchev–Trinajstić information content (AvgIpc) is 2.29. The predicted octanol–water partition coefficient (Wildman–Crippen LogP) is 2.93. The summed E-state index contributed by atoms with van der Waals surface area (Å²) in [4.78, 5) is 11.9. The van der Waals surface area contributed by atoms with Crippen molar-refractivity contribution in [3.63, 3.8) is 0 Å². The normalized spacial score (nSPS) is 13.2. The molecule has 4 heteroatoms. The molecule has 1 aromatic rings. The Labute approximate surface area is 117 Å². The van der Waals surface area contributed by atoms with Gasteiger partial charge in [0.1, 0.15) is 0 Å². The summed E-state index contributed by atoms with van der Waals surface area (Å²) < 4.78 is 1.02. The third-order valence-electron chi connectivity index (χ3n) is 2.94. The van der Waals surface area contributed by atoms with E-state index in [0.29, 0.717) is 6.42 Å². The lowest BCUT2D eigenvalue weighted by Gasteiger charge is -2.28. The van der Waals surface area contributed by atoms with Gasteiger partial charge in [-0.2, -0.15) is 0 Å². The van der Waals surface area contributed by atoms with Crippen molar-refractivity contribution in [1.29, 1.82) is 0 Å². The summed E-state index contributed by atoms with van der Waals surface area (Å²) in [7, 11) is 0. The Morgan fingerprint density at radius 2 is 1.94 bits per heavy atom. The predicted molar refractivity (Wildman–Crippen MR) is 78.2 cm³/mol. The largest absolute Gasteiger partial charge is 0.346 e. The van der Waals surface area contributed by atoms with Gasteiger partial charge in [0.2, 0.25) is 5.91 Å². The summed E-state index contributed by atoms with van der Waals surface area (Å²) in [5.74, 6) is -0.0928. The fourth-order valence-electron chi connectivity index (χ4n) is 1.78. The number of benzene rings is 1. The van der Waals surface area contributed by atoms with Crippen LogP contribution in [0.15, 0.2) is 28.7 Å². The minimum Gasteiger partial charge on any atom is -0.346 e. The third kappa shape index (κ3) is 4.10. The number of nitrogens with two attached hydrogens (primary N) is 1. The highest BCUT2D eigenvalue weighted by Gasteiger charge is 2.25. The maximum absolute atomic E-state index is 11.9. The first kappa shape index (κ1) is 15.2. The van der Waals surface area contributed by atoms with Crippen LogP contribution in [-0.4, -0.2) is 11.9 Å². The maximum atomic E-state index is 11.9. The van der Waals surface area contributed by atoms with E-state index in [-0.39, 0.29) is 5.91 Å². The second kappa shape index (κ2) is 6.34. The van der Waals surface area contributed by atoms with Gasteiger partial charge in [0, 0.05) is 4.47 Å². The topological polar surface area (TPSA) is 55.1 Å². The molecular formula is C14H21BrN2O. The Morgan fingerprint density at radius 3 is 2.44 bits per heavy atom. The van der Waals surface area contributed by atoms with Crippen molar-refractivity contribution < 1.29 is 4.79 Å². The first-order chi connectivity index (χ1) is 8.36. The molecule has 0 saturated heterocycles. The van der Waals surface area contributed by atoms with Gasteiger partial charge in [-0.05, 0) is 38.0 Å². The van der Waals surface area contributed by atoms with Gasteiger partial charge >= 0.3 is 0 Å². The van der Waals surface area contributed by atoms with Gasteiger partial charge in [0.05, 0.1) is 11.6 Å². The van der Waals surface area contributed by atoms with E-state index >= 15 is 0 Å². The lowest BCUT2D eigenvalue weighted by Crippen LogP contribution is -2.48. The summed E-state index contributed by atoms with van der Waals surface area (Å²) >= 11 is 3.40. The molecule has 0 aliphatic heterocycles. The quantitative estimate of drug-likeness (QED) is 0.878. The summed E-state index contributed by atoms with van der Waals surface area (Å²) in [5, 5.41) is 3.00. The van der Waals surface area contributed by atoms with Crippen molar-refractivity contribution >= 4 is 21.8 Å². The summed E-state index contributed by atoms with van der Waals surface area (Å²) in [5.41, 5.74) is 6.46. The van der Waals surface area contributed by atoms with Crippen molar-refractivity contribution in [1.82, 2.24) is 5.32 Å². The molecule has 0 fully saturated rings. The van der Waals surface area contributed by atoms with Crippen LogP contribution in [0.1, 0.15) is 39.2 Å². The summed E-state index contributed by atoms with van der Waals surface area (Å²) in [6.07, 6.45) is 1.62. The fourth-order valence-corrected chi connectivity index (χ4v) is 2.05. The molecule has 0 bridgehead atoms. The molecule has 3 N–H and O–H groups in total. The zero-order chi connectivity index (χ0) is 13.8. The van der Waals surface area contributed by atoms with E-state index in [2.05, 4.69) is 21.2 Å². The van der Waals surface area contributed by atoms with Crippen molar-refractivity contribution in [3.8, 4) is 0 Å². The molecule has 1 atom stereocenters. The van der Waals surface area contributed by atoms with Crippen LogP contribution < -0.4 is 11.1 Å². The van der Waals surface area contributed by atoms with Crippen LogP contribution in [0.3, 0.4) is 0 Å². The molecule has 1 rings (SSSR count). The van der Waals surface area contributed by atoms with Gasteiger partial charge in [0.25, 0.3) is 0 Å². The standard InChI is InChI=1S/C14H21BrN2O/c1-4-5-12(16)13(18)17-14(2,3)10-6-8-11(15)9-7-10/h6-9,12H,4-5,16H2,1-3H3,(H,17,18)/t12-/m1/s1. The molecule has 0 aliphatic carbocycles. The molecule has 3 nitrogen and oxygen atoms in total. The van der Waals surface area contributed by atoms with E-state index < -0.39 is 11.6 Å². The lowest BCUT2D eigenvalue weighted by molar-refractivity contribution is -0.124. The van der Waals surface area contributed by atoms with Gasteiger partial charge in [0.15, 0.2) is 0 Å². The summed E-state index contributed by atoms with van der Waals surface area (Å²) in [6.45, 7) is 5.98. The number of hydrogen-bond acceptors (Lipinski definition) is 2. The van der Waals surface area contributed by atoms with Crippen LogP contribution in [0, 0.1) is 0 Å². The lowest BCUT2D eigenvalue weighted by atomic mass is 9.94. The molecular weight excluding hydrogens is 292 g/mol. The van der Waals surface area contributed by atoms with Gasteiger partial charge in [-0.15, -0.1) is 0 Å². The van der Waals surface area contributed by atoms with E-state index in [1.807, 2.05) is 45.0 Å². The van der Waals surface area contributed by atoms with Crippen LogP contribution in [-0.2, 0) is 10.3 Å². The van der Waals surface area contributed by atoms with Crippen LogP contribution in [0.2, 0.25) is 0 Å². The number of amides is 1. The van der Waals surface area contributed by atoms with Crippen molar-refractivity contribution in [2.45, 2.75) is 45.2 Å². The molecule has 1 aromatic carbocycles. The molecule has 100 valence electrons. The van der Waals surface area contributed by atoms with E-state index in [1.165, 1.54) is 0 Å². The fraction of sp³-hybridized carbons (Fsp3) is 0.500. The monoisotopic (exact) mass is 312 g/mol. The van der Waals surface area contributed by atoms with Gasteiger partial charge in [-0.25, -0.2) is 0 Å². The van der Waals surface area contributed by atoms with Gasteiger partial charge in [-0.3, -0.25) is 4.79 Å². The number of nitrogens with one attached hydrogen (secondary N) is 1. The van der Waals surface area contributed by atoms with Gasteiger partial charge < -0.3 is 11.1 Å². The number of carbonyl (C=O) groups excluding carboxylic acids is 1. The Hall–Kier alpha value is -0.870. The highest BCUT2D eigenvalue weighted by Crippen LogP contribution is 2.22. The molecule has 18 heavy (non-hydrogen) atoms. The van der Waals surface area contributed by atoms with Crippen LogP contribution >= 0.6 is 15.9 Å². The number of hydrogen-bond donors (Lipinski definition) is 2. The van der Waals surface area contributed by atoms with Crippen LogP contribution in [0.5, 0.6) is 0 Å². The van der Waals surface area contributed by atoms with E-state index in [9.17, 15) is 4.79 Å². The first-order valence-electron chi connectivity index (χ1n) is 6.20. The maximum Gasteiger partial charge on any atom is 0.237 e. The molecule has 0 saturated carbocycles. The minimum atomic E-state index is -0.426. The molecule has 0 aliphatic rings. The highest BCUT2D eigenvalue weighted by atomic mass is 79.9. The molecule has 0 spiro atoms. The zero-order valence-electron chi connectivity index (χ0n) is 11.2. The highest BCUT2D eigenvalue weighted by molar-refractivity contribution is 9.10. The van der Waals surface area contributed by atoms with E-state index in [4.69, 9.17) is 5.73 Å². The first-order valence-corrected chi connectivity index (χ1v) is 6.99. The van der Waals surface area contributed by atoms with Crippen molar-refractivity contribution in [2.75, 3.05) is 0 Å². The SMILES string of the molecule is CCC[C@@H](N)C(=O)NC(C)(C)c1ccc(Br)cc1. The Morgan fingerprint density at radius 1 is 1.39 bits per heavy atom. The smallest absolute Gasteiger partial charge is 0.237 e. The summed E-state index contributed by atoms with van der Waals surface area (Å²) in [6, 6.07) is 7.50. The molecule has 0 unspecified atom stereocenters. The van der Waals surface area contributed by atoms with Gasteiger partial charge in [-0.1, -0.05) is 41.4 Å². The number of halogens is 1.